The van der Waals surface area contributed by atoms with Crippen molar-refractivity contribution >= 4 is 29.4 Å². The number of aldehydes is 1. The predicted molar refractivity (Wildman–Crippen MR) is 96.8 cm³/mol. The van der Waals surface area contributed by atoms with E-state index >= 15 is 0 Å². The molecule has 3 rings (SSSR count). The molecule has 3 aromatic rings. The zero-order chi connectivity index (χ0) is 17.5. The Hall–Kier alpha value is -2.76. The van der Waals surface area contributed by atoms with Crippen molar-refractivity contribution in [3.8, 4) is 0 Å². The van der Waals surface area contributed by atoms with E-state index in [4.69, 9.17) is 16.3 Å². The van der Waals surface area contributed by atoms with Crippen LogP contribution in [-0.2, 0) is 16.1 Å². The van der Waals surface area contributed by atoms with Gasteiger partial charge in [0.1, 0.15) is 11.9 Å². The molecule has 1 atom stereocenters. The van der Waals surface area contributed by atoms with Crippen LogP contribution < -0.4 is 5.32 Å². The number of nitrogens with one attached hydrogen (secondary N) is 1. The van der Waals surface area contributed by atoms with Gasteiger partial charge in [0.05, 0.1) is 6.61 Å². The van der Waals surface area contributed by atoms with Gasteiger partial charge in [-0.1, -0.05) is 42.5 Å². The molecule has 0 saturated carbocycles. The summed E-state index contributed by atoms with van der Waals surface area (Å²) in [7, 11) is 0. The van der Waals surface area contributed by atoms with Gasteiger partial charge in [0.25, 0.3) is 0 Å². The van der Waals surface area contributed by atoms with Gasteiger partial charge < -0.3 is 14.8 Å². The quantitative estimate of drug-likeness (QED) is 0.506. The molecule has 1 heterocycles. The van der Waals surface area contributed by atoms with Crippen LogP contribution in [0.3, 0.4) is 0 Å². The van der Waals surface area contributed by atoms with Gasteiger partial charge in [-0.05, 0) is 40.9 Å². The summed E-state index contributed by atoms with van der Waals surface area (Å²) >= 11 is 5.76. The summed E-state index contributed by atoms with van der Waals surface area (Å²) in [5.41, 5.74) is 2.64. The number of rotatable bonds is 7. The van der Waals surface area contributed by atoms with E-state index < -0.39 is 6.10 Å². The number of anilines is 2. The summed E-state index contributed by atoms with van der Waals surface area (Å²) in [5.74, 6) is 0.597. The standard InChI is InChI=1S/C19H16ClN3O2/c20-19-21-11-10-18(23-19)22-16-8-6-15(7-9-16)17(12-24)25-13-14-4-2-1-3-5-14/h1-12,17H,13H2,(H,21,22,23). The number of hydrogen-bond acceptors (Lipinski definition) is 5. The molecule has 0 radical (unpaired) electrons. The fourth-order valence-electron chi connectivity index (χ4n) is 2.28. The lowest BCUT2D eigenvalue weighted by molar-refractivity contribution is -0.119. The lowest BCUT2D eigenvalue weighted by atomic mass is 10.1. The second kappa shape index (κ2) is 8.37. The highest BCUT2D eigenvalue weighted by molar-refractivity contribution is 6.28. The van der Waals surface area contributed by atoms with Crippen LogP contribution >= 0.6 is 11.6 Å². The molecule has 0 bridgehead atoms. The topological polar surface area (TPSA) is 64.1 Å². The minimum absolute atomic E-state index is 0.178. The Bertz CT molecular complexity index is 826. The van der Waals surface area contributed by atoms with Gasteiger partial charge in [-0.2, -0.15) is 0 Å². The third-order valence-electron chi connectivity index (χ3n) is 3.53. The van der Waals surface area contributed by atoms with E-state index in [1.54, 1.807) is 12.3 Å². The summed E-state index contributed by atoms with van der Waals surface area (Å²) in [6.07, 6.45) is 1.77. The van der Waals surface area contributed by atoms with Gasteiger partial charge >= 0.3 is 0 Å². The van der Waals surface area contributed by atoms with Gasteiger partial charge in [-0.25, -0.2) is 9.97 Å². The van der Waals surface area contributed by atoms with Crippen molar-refractivity contribution in [3.05, 3.63) is 83.3 Å². The molecule has 0 amide bonds. The maximum Gasteiger partial charge on any atom is 0.224 e. The van der Waals surface area contributed by atoms with Crippen molar-refractivity contribution in [3.63, 3.8) is 0 Å². The number of carbonyl (C=O) groups excluding carboxylic acids is 1. The molecule has 1 unspecified atom stereocenters. The van der Waals surface area contributed by atoms with Crippen LogP contribution in [0.15, 0.2) is 66.9 Å². The van der Waals surface area contributed by atoms with Crippen molar-refractivity contribution < 1.29 is 9.53 Å². The predicted octanol–water partition coefficient (Wildman–Crippen LogP) is 4.33. The van der Waals surface area contributed by atoms with E-state index in [0.29, 0.717) is 12.4 Å². The number of ether oxygens (including phenoxy) is 1. The van der Waals surface area contributed by atoms with E-state index in [-0.39, 0.29) is 5.28 Å². The Kier molecular flexibility index (Phi) is 5.72. The molecule has 0 aliphatic carbocycles. The summed E-state index contributed by atoms with van der Waals surface area (Å²) in [6.45, 7) is 0.379. The lowest BCUT2D eigenvalue weighted by Gasteiger charge is -2.13. The maximum atomic E-state index is 11.4. The van der Waals surface area contributed by atoms with E-state index in [2.05, 4.69) is 15.3 Å². The van der Waals surface area contributed by atoms with Gasteiger partial charge in [0, 0.05) is 11.9 Å². The molecule has 1 N–H and O–H groups in total. The number of hydrogen-bond donors (Lipinski definition) is 1. The monoisotopic (exact) mass is 353 g/mol. The average molecular weight is 354 g/mol. The highest BCUT2D eigenvalue weighted by Gasteiger charge is 2.11. The Morgan fingerprint density at radius 1 is 1.08 bits per heavy atom. The Balaban J connectivity index is 1.64. The Morgan fingerprint density at radius 2 is 1.84 bits per heavy atom. The molecule has 0 saturated heterocycles. The first-order valence-electron chi connectivity index (χ1n) is 7.71. The van der Waals surface area contributed by atoms with Gasteiger partial charge in [-0.3, -0.25) is 0 Å². The number of carbonyl (C=O) groups is 1. The molecule has 25 heavy (non-hydrogen) atoms. The number of aromatic nitrogens is 2. The van der Waals surface area contributed by atoms with Gasteiger partial charge in [-0.15, -0.1) is 0 Å². The van der Waals surface area contributed by atoms with Crippen LogP contribution in [0.25, 0.3) is 0 Å². The molecule has 0 aliphatic heterocycles. The minimum atomic E-state index is -0.609. The van der Waals surface area contributed by atoms with Gasteiger partial charge in [0.2, 0.25) is 5.28 Å². The Labute approximate surface area is 150 Å². The molecule has 2 aromatic carbocycles. The smallest absolute Gasteiger partial charge is 0.224 e. The molecule has 1 aromatic heterocycles. The molecule has 0 spiro atoms. The second-order valence-electron chi connectivity index (χ2n) is 5.31. The number of benzene rings is 2. The van der Waals surface area contributed by atoms with Crippen molar-refractivity contribution in [1.82, 2.24) is 9.97 Å². The van der Waals surface area contributed by atoms with Crippen molar-refractivity contribution in [2.45, 2.75) is 12.7 Å². The van der Waals surface area contributed by atoms with Crippen LogP contribution in [-0.4, -0.2) is 16.3 Å². The summed E-state index contributed by atoms with van der Waals surface area (Å²) in [5, 5.41) is 3.30. The third kappa shape index (κ3) is 4.86. The lowest BCUT2D eigenvalue weighted by Crippen LogP contribution is -2.06. The molecule has 0 aliphatic rings. The second-order valence-corrected chi connectivity index (χ2v) is 5.65. The summed E-state index contributed by atoms with van der Waals surface area (Å²) in [6, 6.07) is 18.9. The highest BCUT2D eigenvalue weighted by Crippen LogP contribution is 2.21. The van der Waals surface area contributed by atoms with E-state index in [0.717, 1.165) is 23.1 Å². The molecule has 6 heteroatoms. The molecular formula is C19H16ClN3O2. The Morgan fingerprint density at radius 3 is 2.52 bits per heavy atom. The normalized spacial score (nSPS) is 11.7. The van der Waals surface area contributed by atoms with Crippen LogP contribution in [0.4, 0.5) is 11.5 Å². The van der Waals surface area contributed by atoms with E-state index in [9.17, 15) is 4.79 Å². The molecule has 5 nitrogen and oxygen atoms in total. The number of nitrogens with zero attached hydrogens (tertiary/aromatic N) is 2. The van der Waals surface area contributed by atoms with E-state index in [1.165, 1.54) is 0 Å². The average Bonchev–Trinajstić information content (AvgIpc) is 2.64. The van der Waals surface area contributed by atoms with E-state index in [1.807, 2.05) is 54.6 Å². The first-order valence-corrected chi connectivity index (χ1v) is 8.09. The maximum absolute atomic E-state index is 11.4. The number of halogens is 1. The van der Waals surface area contributed by atoms with Crippen molar-refractivity contribution in [1.29, 1.82) is 0 Å². The fourth-order valence-corrected chi connectivity index (χ4v) is 2.43. The zero-order valence-corrected chi connectivity index (χ0v) is 14.1. The van der Waals surface area contributed by atoms with Crippen LogP contribution in [0.1, 0.15) is 17.2 Å². The minimum Gasteiger partial charge on any atom is -0.361 e. The summed E-state index contributed by atoms with van der Waals surface area (Å²) in [4.78, 5) is 19.3. The molecule has 126 valence electrons. The largest absolute Gasteiger partial charge is 0.361 e. The highest BCUT2D eigenvalue weighted by atomic mass is 35.5. The van der Waals surface area contributed by atoms with Crippen LogP contribution in [0.5, 0.6) is 0 Å². The first kappa shape index (κ1) is 17.1. The first-order chi connectivity index (χ1) is 12.2. The summed E-state index contributed by atoms with van der Waals surface area (Å²) < 4.78 is 5.71. The van der Waals surface area contributed by atoms with Crippen molar-refractivity contribution in [2.24, 2.45) is 0 Å². The zero-order valence-electron chi connectivity index (χ0n) is 13.3. The van der Waals surface area contributed by atoms with Gasteiger partial charge in [0.15, 0.2) is 6.29 Å². The van der Waals surface area contributed by atoms with Crippen molar-refractivity contribution in [2.75, 3.05) is 5.32 Å². The van der Waals surface area contributed by atoms with Crippen LogP contribution in [0, 0.1) is 0 Å². The third-order valence-corrected chi connectivity index (χ3v) is 3.72. The molecular weight excluding hydrogens is 338 g/mol. The van der Waals surface area contributed by atoms with Crippen LogP contribution in [0.2, 0.25) is 5.28 Å². The SMILES string of the molecule is O=CC(OCc1ccccc1)c1ccc(Nc2ccnc(Cl)n2)cc1. The molecule has 0 fully saturated rings. The fraction of sp³-hybridized carbons (Fsp3) is 0.105.